The highest BCUT2D eigenvalue weighted by atomic mass is 16.5. The van der Waals surface area contributed by atoms with Gasteiger partial charge in [-0.3, -0.25) is 4.79 Å². The molecule has 4 nitrogen and oxygen atoms in total. The summed E-state index contributed by atoms with van der Waals surface area (Å²) in [5, 5.41) is 2.89. The average Bonchev–Trinajstić information content (AvgIpc) is 2.57. The van der Waals surface area contributed by atoms with Gasteiger partial charge in [-0.15, -0.1) is 0 Å². The molecular formula is C20H25NO3. The van der Waals surface area contributed by atoms with Gasteiger partial charge in [0.05, 0.1) is 18.8 Å². The maximum Gasteiger partial charge on any atom is 0.259 e. The molecule has 0 aliphatic carbocycles. The first kappa shape index (κ1) is 17.9. The van der Waals surface area contributed by atoms with E-state index in [1.165, 1.54) is 0 Å². The molecule has 1 amide bonds. The first-order chi connectivity index (χ1) is 11.6. The summed E-state index contributed by atoms with van der Waals surface area (Å²) in [4.78, 5) is 12.5. The SMILES string of the molecule is CCOc1ccc(NC(=O)c2ccccc2OCCC(C)C)cc1. The Kier molecular flexibility index (Phi) is 6.67. The fourth-order valence-electron chi connectivity index (χ4n) is 2.18. The quantitative estimate of drug-likeness (QED) is 0.760. The van der Waals surface area contributed by atoms with E-state index in [9.17, 15) is 4.79 Å². The van der Waals surface area contributed by atoms with Crippen LogP contribution in [0.15, 0.2) is 48.5 Å². The third kappa shape index (κ3) is 5.30. The van der Waals surface area contributed by atoms with Crippen LogP contribution in [0, 0.1) is 5.92 Å². The molecule has 0 heterocycles. The maximum absolute atomic E-state index is 12.5. The molecule has 2 aromatic carbocycles. The van der Waals surface area contributed by atoms with E-state index in [-0.39, 0.29) is 5.91 Å². The van der Waals surface area contributed by atoms with Crippen molar-refractivity contribution in [1.82, 2.24) is 0 Å². The Morgan fingerprint density at radius 2 is 1.75 bits per heavy atom. The molecule has 0 bridgehead atoms. The Hall–Kier alpha value is -2.49. The van der Waals surface area contributed by atoms with Crippen molar-refractivity contribution in [1.29, 1.82) is 0 Å². The second kappa shape index (κ2) is 8.96. The minimum Gasteiger partial charge on any atom is -0.494 e. The summed E-state index contributed by atoms with van der Waals surface area (Å²) < 4.78 is 11.2. The van der Waals surface area contributed by atoms with Crippen LogP contribution in [0.5, 0.6) is 11.5 Å². The topological polar surface area (TPSA) is 47.6 Å². The molecule has 4 heteroatoms. The molecule has 0 aliphatic heterocycles. The molecular weight excluding hydrogens is 302 g/mol. The van der Waals surface area contributed by atoms with Crippen molar-refractivity contribution in [2.45, 2.75) is 27.2 Å². The van der Waals surface area contributed by atoms with Gasteiger partial charge in [0.15, 0.2) is 0 Å². The Bertz CT molecular complexity index is 650. The van der Waals surface area contributed by atoms with Crippen LogP contribution in [0.4, 0.5) is 5.69 Å². The van der Waals surface area contributed by atoms with Crippen molar-refractivity contribution >= 4 is 11.6 Å². The summed E-state index contributed by atoms with van der Waals surface area (Å²) in [7, 11) is 0. The van der Waals surface area contributed by atoms with Gasteiger partial charge in [0.2, 0.25) is 0 Å². The molecule has 0 saturated carbocycles. The molecule has 0 radical (unpaired) electrons. The van der Waals surface area contributed by atoms with E-state index in [1.54, 1.807) is 6.07 Å². The van der Waals surface area contributed by atoms with E-state index in [0.717, 1.165) is 17.9 Å². The number of carbonyl (C=O) groups excluding carboxylic acids is 1. The van der Waals surface area contributed by atoms with Gasteiger partial charge in [0.25, 0.3) is 5.91 Å². The minimum atomic E-state index is -0.181. The van der Waals surface area contributed by atoms with Gasteiger partial charge in [0, 0.05) is 5.69 Å². The summed E-state index contributed by atoms with van der Waals surface area (Å²) in [5.41, 5.74) is 1.26. The van der Waals surface area contributed by atoms with Crippen molar-refractivity contribution in [3.05, 3.63) is 54.1 Å². The van der Waals surface area contributed by atoms with Crippen LogP contribution in [-0.4, -0.2) is 19.1 Å². The fourth-order valence-corrected chi connectivity index (χ4v) is 2.18. The molecule has 2 rings (SSSR count). The van der Waals surface area contributed by atoms with Gasteiger partial charge >= 0.3 is 0 Å². The van der Waals surface area contributed by atoms with Crippen molar-refractivity contribution < 1.29 is 14.3 Å². The van der Waals surface area contributed by atoms with E-state index >= 15 is 0 Å². The number of carbonyl (C=O) groups is 1. The monoisotopic (exact) mass is 327 g/mol. The molecule has 128 valence electrons. The van der Waals surface area contributed by atoms with Crippen LogP contribution in [0.2, 0.25) is 0 Å². The van der Waals surface area contributed by atoms with Crippen LogP contribution in [0.3, 0.4) is 0 Å². The number of hydrogen-bond donors (Lipinski definition) is 1. The van der Waals surface area contributed by atoms with Gasteiger partial charge in [-0.25, -0.2) is 0 Å². The number of anilines is 1. The molecule has 0 fully saturated rings. The lowest BCUT2D eigenvalue weighted by atomic mass is 10.1. The maximum atomic E-state index is 12.5. The van der Waals surface area contributed by atoms with E-state index < -0.39 is 0 Å². The summed E-state index contributed by atoms with van der Waals surface area (Å²) in [6, 6.07) is 14.6. The van der Waals surface area contributed by atoms with Crippen LogP contribution in [0.25, 0.3) is 0 Å². The van der Waals surface area contributed by atoms with E-state index in [2.05, 4.69) is 19.2 Å². The number of ether oxygens (including phenoxy) is 2. The lowest BCUT2D eigenvalue weighted by molar-refractivity contribution is 0.102. The van der Waals surface area contributed by atoms with Crippen LogP contribution < -0.4 is 14.8 Å². The Morgan fingerprint density at radius 1 is 1.04 bits per heavy atom. The Balaban J connectivity index is 2.03. The van der Waals surface area contributed by atoms with Crippen molar-refractivity contribution in [2.24, 2.45) is 5.92 Å². The second-order valence-electron chi connectivity index (χ2n) is 5.94. The highest BCUT2D eigenvalue weighted by Gasteiger charge is 2.12. The predicted molar refractivity (Wildman–Crippen MR) is 97.0 cm³/mol. The molecule has 0 unspecified atom stereocenters. The fraction of sp³-hybridized carbons (Fsp3) is 0.350. The zero-order valence-electron chi connectivity index (χ0n) is 14.5. The Morgan fingerprint density at radius 3 is 2.42 bits per heavy atom. The van der Waals surface area contributed by atoms with Gasteiger partial charge in [-0.1, -0.05) is 26.0 Å². The second-order valence-corrected chi connectivity index (χ2v) is 5.94. The van der Waals surface area contributed by atoms with Gasteiger partial charge in [0.1, 0.15) is 11.5 Å². The smallest absolute Gasteiger partial charge is 0.259 e. The lowest BCUT2D eigenvalue weighted by Crippen LogP contribution is -2.14. The predicted octanol–water partition coefficient (Wildman–Crippen LogP) is 4.76. The number of para-hydroxylation sites is 1. The van der Waals surface area contributed by atoms with E-state index in [0.29, 0.717) is 30.4 Å². The standard InChI is InChI=1S/C20H25NO3/c1-4-23-17-11-9-16(10-12-17)21-20(22)18-7-5-6-8-19(18)24-14-13-15(2)3/h5-12,15H,4,13-14H2,1-3H3,(H,21,22). The molecule has 0 atom stereocenters. The molecule has 2 aromatic rings. The van der Waals surface area contributed by atoms with Crippen LogP contribution in [-0.2, 0) is 0 Å². The number of amides is 1. The highest BCUT2D eigenvalue weighted by molar-refractivity contribution is 6.06. The minimum absolute atomic E-state index is 0.181. The first-order valence-corrected chi connectivity index (χ1v) is 8.36. The molecule has 24 heavy (non-hydrogen) atoms. The number of benzene rings is 2. The lowest BCUT2D eigenvalue weighted by Gasteiger charge is -2.13. The third-order valence-corrected chi connectivity index (χ3v) is 3.51. The normalized spacial score (nSPS) is 10.5. The molecule has 0 saturated heterocycles. The van der Waals surface area contributed by atoms with Crippen LogP contribution >= 0.6 is 0 Å². The molecule has 0 aromatic heterocycles. The van der Waals surface area contributed by atoms with E-state index in [1.807, 2.05) is 49.4 Å². The van der Waals surface area contributed by atoms with Crippen molar-refractivity contribution in [3.63, 3.8) is 0 Å². The number of nitrogens with one attached hydrogen (secondary N) is 1. The molecule has 0 spiro atoms. The molecule has 1 N–H and O–H groups in total. The first-order valence-electron chi connectivity index (χ1n) is 8.36. The Labute approximate surface area is 143 Å². The number of rotatable bonds is 8. The summed E-state index contributed by atoms with van der Waals surface area (Å²) in [6.45, 7) is 7.45. The van der Waals surface area contributed by atoms with E-state index in [4.69, 9.17) is 9.47 Å². The average molecular weight is 327 g/mol. The zero-order chi connectivity index (χ0) is 17.4. The van der Waals surface area contributed by atoms with Gasteiger partial charge in [-0.2, -0.15) is 0 Å². The van der Waals surface area contributed by atoms with Crippen LogP contribution in [0.1, 0.15) is 37.6 Å². The summed E-state index contributed by atoms with van der Waals surface area (Å²) in [5.74, 6) is 1.78. The van der Waals surface area contributed by atoms with Gasteiger partial charge in [-0.05, 0) is 55.7 Å². The third-order valence-electron chi connectivity index (χ3n) is 3.51. The largest absolute Gasteiger partial charge is 0.494 e. The summed E-state index contributed by atoms with van der Waals surface area (Å²) in [6.07, 6.45) is 0.953. The highest BCUT2D eigenvalue weighted by Crippen LogP contribution is 2.21. The zero-order valence-corrected chi connectivity index (χ0v) is 14.5. The van der Waals surface area contributed by atoms with Crippen molar-refractivity contribution in [2.75, 3.05) is 18.5 Å². The summed E-state index contributed by atoms with van der Waals surface area (Å²) >= 11 is 0. The molecule has 0 aliphatic rings. The van der Waals surface area contributed by atoms with Crippen molar-refractivity contribution in [3.8, 4) is 11.5 Å². The van der Waals surface area contributed by atoms with Gasteiger partial charge < -0.3 is 14.8 Å². The number of hydrogen-bond acceptors (Lipinski definition) is 3.